The Morgan fingerprint density at radius 1 is 1.89 bits per heavy atom. The number of aromatic nitrogens is 2. The Labute approximate surface area is 53.3 Å². The third-order valence-electron chi connectivity index (χ3n) is 1.06. The summed E-state index contributed by atoms with van der Waals surface area (Å²) in [4.78, 5) is 2.62. The van der Waals surface area contributed by atoms with E-state index in [1.165, 1.54) is 0 Å². The monoisotopic (exact) mass is 125 g/mol. The van der Waals surface area contributed by atoms with Crippen molar-refractivity contribution in [3.8, 4) is 6.01 Å². The third kappa shape index (κ3) is 1.10. The molecule has 48 valence electrons. The molecule has 0 radical (unpaired) electrons. The first-order valence-electron chi connectivity index (χ1n) is 2.71. The number of H-pyrrole nitrogens is 1. The predicted octanol–water partition coefficient (Wildman–Crippen LogP) is 0.194. The van der Waals surface area contributed by atoms with E-state index >= 15 is 0 Å². The molecule has 0 fully saturated rings. The molecule has 0 amide bonds. The molecule has 0 spiro atoms. The summed E-state index contributed by atoms with van der Waals surface area (Å²) in [5.74, 6) is 0. The molecule has 0 unspecified atom stereocenters. The summed E-state index contributed by atoms with van der Waals surface area (Å²) in [6, 6.07) is 0.162. The molecule has 2 N–H and O–H groups in total. The minimum Gasteiger partial charge on any atom is -0.446 e. The highest BCUT2D eigenvalue weighted by Crippen LogP contribution is 1.90. The van der Waals surface area contributed by atoms with Gasteiger partial charge in [-0.3, -0.25) is 0 Å². The molecule has 0 aliphatic rings. The lowest BCUT2D eigenvalue weighted by Gasteiger charge is -1.85. The van der Waals surface area contributed by atoms with Crippen LogP contribution in [0.25, 0.3) is 0 Å². The molecule has 1 aromatic rings. The van der Waals surface area contributed by atoms with Crippen molar-refractivity contribution < 1.29 is 9.67 Å². The fraction of sp³-hybridized carbons (Fsp3) is 0.167. The van der Waals surface area contributed by atoms with Crippen LogP contribution in [0.4, 0.5) is 0 Å². The van der Waals surface area contributed by atoms with Crippen LogP contribution in [-0.4, -0.2) is 10.1 Å². The van der Waals surface area contributed by atoms with Crippen LogP contribution in [0.2, 0.25) is 0 Å². The molecule has 0 bridgehead atoms. The molecule has 0 saturated carbocycles. The SMILES string of the molecule is C=CC[n+]1cc[nH]c1O. The van der Waals surface area contributed by atoms with Crippen molar-refractivity contribution in [2.75, 3.05) is 0 Å². The summed E-state index contributed by atoms with van der Waals surface area (Å²) in [6.45, 7) is 4.17. The van der Waals surface area contributed by atoms with Gasteiger partial charge in [0.1, 0.15) is 18.9 Å². The summed E-state index contributed by atoms with van der Waals surface area (Å²) in [5, 5.41) is 8.94. The summed E-state index contributed by atoms with van der Waals surface area (Å²) in [5.41, 5.74) is 0. The summed E-state index contributed by atoms with van der Waals surface area (Å²) in [6.07, 6.45) is 5.13. The van der Waals surface area contributed by atoms with E-state index in [4.69, 9.17) is 5.11 Å². The van der Waals surface area contributed by atoms with Gasteiger partial charge in [0.15, 0.2) is 0 Å². The summed E-state index contributed by atoms with van der Waals surface area (Å²) < 4.78 is 1.65. The average Bonchev–Trinajstić information content (AvgIpc) is 2.18. The van der Waals surface area contributed by atoms with E-state index in [9.17, 15) is 0 Å². The van der Waals surface area contributed by atoms with E-state index < -0.39 is 0 Å². The maximum atomic E-state index is 8.94. The fourth-order valence-electron chi connectivity index (χ4n) is 0.642. The van der Waals surface area contributed by atoms with Gasteiger partial charge in [0.05, 0.1) is 0 Å². The zero-order valence-electron chi connectivity index (χ0n) is 5.04. The number of hydrogen-bond acceptors (Lipinski definition) is 1. The van der Waals surface area contributed by atoms with Crippen LogP contribution < -0.4 is 4.57 Å². The lowest BCUT2D eigenvalue weighted by Crippen LogP contribution is -2.29. The van der Waals surface area contributed by atoms with Crippen LogP contribution in [0.3, 0.4) is 0 Å². The molecule has 9 heavy (non-hydrogen) atoms. The number of allylic oxidation sites excluding steroid dienone is 1. The van der Waals surface area contributed by atoms with Crippen molar-refractivity contribution in [2.45, 2.75) is 6.54 Å². The normalized spacial score (nSPS) is 9.33. The van der Waals surface area contributed by atoms with Crippen molar-refractivity contribution >= 4 is 0 Å². The molecule has 1 rings (SSSR count). The van der Waals surface area contributed by atoms with Gasteiger partial charge in [-0.05, 0) is 0 Å². The van der Waals surface area contributed by atoms with E-state index in [0.29, 0.717) is 6.54 Å². The van der Waals surface area contributed by atoms with Gasteiger partial charge < -0.3 is 5.11 Å². The van der Waals surface area contributed by atoms with Gasteiger partial charge in [-0.2, -0.15) is 4.57 Å². The number of aromatic hydroxyl groups is 1. The molecule has 1 aromatic heterocycles. The Morgan fingerprint density at radius 2 is 2.67 bits per heavy atom. The number of hydrogen-bond donors (Lipinski definition) is 2. The van der Waals surface area contributed by atoms with E-state index in [1.807, 2.05) is 0 Å². The Morgan fingerprint density at radius 3 is 3.11 bits per heavy atom. The van der Waals surface area contributed by atoms with Gasteiger partial charge in [-0.15, -0.1) is 0 Å². The van der Waals surface area contributed by atoms with Crippen molar-refractivity contribution in [2.24, 2.45) is 0 Å². The first kappa shape index (κ1) is 5.88. The zero-order chi connectivity index (χ0) is 6.69. The largest absolute Gasteiger partial charge is 0.451 e. The number of rotatable bonds is 2. The lowest BCUT2D eigenvalue weighted by atomic mass is 10.6. The molecular weight excluding hydrogens is 116 g/mol. The Kier molecular flexibility index (Phi) is 1.53. The van der Waals surface area contributed by atoms with Crippen LogP contribution in [0, 0.1) is 0 Å². The molecule has 0 saturated heterocycles. The first-order valence-corrected chi connectivity index (χ1v) is 2.71. The highest BCUT2D eigenvalue weighted by atomic mass is 16.3. The van der Waals surface area contributed by atoms with Crippen molar-refractivity contribution in [1.29, 1.82) is 0 Å². The Hall–Kier alpha value is -1.25. The van der Waals surface area contributed by atoms with Gasteiger partial charge in [-0.1, -0.05) is 12.7 Å². The van der Waals surface area contributed by atoms with Gasteiger partial charge in [0.2, 0.25) is 0 Å². The zero-order valence-corrected chi connectivity index (χ0v) is 5.04. The second-order valence-corrected chi connectivity index (χ2v) is 1.72. The lowest BCUT2D eigenvalue weighted by molar-refractivity contribution is -0.691. The quantitative estimate of drug-likeness (QED) is 0.430. The third-order valence-corrected chi connectivity index (χ3v) is 1.06. The van der Waals surface area contributed by atoms with Crippen LogP contribution in [0.1, 0.15) is 0 Å². The Bertz CT molecular complexity index is 205. The second-order valence-electron chi connectivity index (χ2n) is 1.72. The summed E-state index contributed by atoms with van der Waals surface area (Å²) >= 11 is 0. The second kappa shape index (κ2) is 2.35. The summed E-state index contributed by atoms with van der Waals surface area (Å²) in [7, 11) is 0. The molecule has 0 aliphatic carbocycles. The number of imidazole rings is 1. The molecule has 0 aromatic carbocycles. The van der Waals surface area contributed by atoms with E-state index in [0.717, 1.165) is 0 Å². The van der Waals surface area contributed by atoms with Gasteiger partial charge in [-0.25, -0.2) is 4.98 Å². The highest BCUT2D eigenvalue weighted by molar-refractivity contribution is 4.78. The smallest absolute Gasteiger partial charge is 0.446 e. The minimum absolute atomic E-state index is 0.162. The fourth-order valence-corrected chi connectivity index (χ4v) is 0.642. The highest BCUT2D eigenvalue weighted by Gasteiger charge is 2.02. The number of nitrogens with zero attached hydrogens (tertiary/aromatic N) is 1. The van der Waals surface area contributed by atoms with Crippen LogP contribution >= 0.6 is 0 Å². The van der Waals surface area contributed by atoms with Crippen molar-refractivity contribution in [3.63, 3.8) is 0 Å². The van der Waals surface area contributed by atoms with Crippen LogP contribution in [0.5, 0.6) is 6.01 Å². The van der Waals surface area contributed by atoms with Crippen molar-refractivity contribution in [3.05, 3.63) is 25.0 Å². The predicted molar refractivity (Wildman–Crippen MR) is 32.8 cm³/mol. The number of nitrogens with one attached hydrogen (secondary N) is 1. The average molecular weight is 125 g/mol. The molecule has 0 atom stereocenters. The topological polar surface area (TPSA) is 39.9 Å². The van der Waals surface area contributed by atoms with Gasteiger partial charge in [0.25, 0.3) is 0 Å². The standard InChI is InChI=1S/C6H8N2O/c1-2-4-8-5-3-7-6(8)9/h2-3,5H,1,4H2,(H,7,9)/p+1. The molecule has 0 aliphatic heterocycles. The first-order chi connectivity index (χ1) is 4.34. The van der Waals surface area contributed by atoms with Gasteiger partial charge in [0, 0.05) is 0 Å². The molecule has 3 nitrogen and oxygen atoms in total. The minimum atomic E-state index is 0.162. The molecular formula is C6H9N2O+. The number of aromatic amines is 1. The maximum absolute atomic E-state index is 8.94. The van der Waals surface area contributed by atoms with E-state index in [2.05, 4.69) is 11.6 Å². The van der Waals surface area contributed by atoms with Crippen molar-refractivity contribution in [1.82, 2.24) is 4.98 Å². The van der Waals surface area contributed by atoms with Gasteiger partial charge >= 0.3 is 6.01 Å². The maximum Gasteiger partial charge on any atom is 0.451 e. The van der Waals surface area contributed by atoms with Crippen LogP contribution in [0.15, 0.2) is 25.0 Å². The Balaban J connectivity index is 2.80. The molecule has 1 heterocycles. The van der Waals surface area contributed by atoms with E-state index in [1.54, 1.807) is 23.0 Å². The van der Waals surface area contributed by atoms with Crippen LogP contribution in [-0.2, 0) is 6.54 Å². The molecule has 3 heteroatoms. The van der Waals surface area contributed by atoms with E-state index in [-0.39, 0.29) is 6.01 Å².